The van der Waals surface area contributed by atoms with E-state index in [1.165, 1.54) is 22.6 Å². The summed E-state index contributed by atoms with van der Waals surface area (Å²) in [6, 6.07) is 5.94. The van der Waals surface area contributed by atoms with Crippen molar-refractivity contribution in [2.24, 2.45) is 0 Å². The first-order valence-electron chi connectivity index (χ1n) is 5.93. The van der Waals surface area contributed by atoms with Gasteiger partial charge in [-0.1, -0.05) is 6.92 Å². The minimum atomic E-state index is -1.13. The second-order valence-electron chi connectivity index (χ2n) is 4.08. The molecule has 2 N–H and O–H groups in total. The quantitative estimate of drug-likeness (QED) is 0.876. The smallest absolute Gasteiger partial charge is 0.335 e. The number of carboxylic acids is 1. The maximum absolute atomic E-state index is 13.7. The summed E-state index contributed by atoms with van der Waals surface area (Å²) in [4.78, 5) is 11.9. The van der Waals surface area contributed by atoms with Gasteiger partial charge in [0.15, 0.2) is 0 Å². The fraction of sp³-hybridized carbons (Fsp3) is 0.214. The Morgan fingerprint density at radius 1 is 1.42 bits per heavy atom. The number of carboxylic acid groups (broad SMARTS) is 1. The fourth-order valence-electron chi connectivity index (χ4n) is 1.80. The molecule has 0 amide bonds. The zero-order valence-electron chi connectivity index (χ0n) is 10.4. The predicted octanol–water partition coefficient (Wildman–Crippen LogP) is 3.76. The van der Waals surface area contributed by atoms with Crippen molar-refractivity contribution in [1.82, 2.24) is 0 Å². The summed E-state index contributed by atoms with van der Waals surface area (Å²) in [5.74, 6) is -1.67. The zero-order valence-corrected chi connectivity index (χ0v) is 11.3. The van der Waals surface area contributed by atoms with E-state index in [9.17, 15) is 9.18 Å². The van der Waals surface area contributed by atoms with E-state index in [0.717, 1.165) is 12.5 Å². The Labute approximate surface area is 114 Å². The van der Waals surface area contributed by atoms with E-state index >= 15 is 0 Å². The zero-order chi connectivity index (χ0) is 13.8. The third-order valence-electron chi connectivity index (χ3n) is 2.87. The number of hydrogen-bond acceptors (Lipinski definition) is 3. The lowest BCUT2D eigenvalue weighted by Crippen LogP contribution is -2.04. The van der Waals surface area contributed by atoms with Gasteiger partial charge < -0.3 is 10.4 Å². The summed E-state index contributed by atoms with van der Waals surface area (Å²) in [5, 5.41) is 13.8. The number of aryl methyl sites for hydroxylation is 1. The molecule has 2 rings (SSSR count). The molecule has 0 aliphatic carbocycles. The first-order chi connectivity index (χ1) is 9.11. The van der Waals surface area contributed by atoms with E-state index in [1.807, 2.05) is 5.38 Å². The average molecular weight is 279 g/mol. The normalized spacial score (nSPS) is 10.4. The Kier molecular flexibility index (Phi) is 4.16. The topological polar surface area (TPSA) is 49.3 Å². The van der Waals surface area contributed by atoms with Gasteiger partial charge in [-0.15, -0.1) is 11.3 Å². The van der Waals surface area contributed by atoms with Crippen molar-refractivity contribution in [3.63, 3.8) is 0 Å². The van der Waals surface area contributed by atoms with Gasteiger partial charge in [0, 0.05) is 11.4 Å². The van der Waals surface area contributed by atoms with Crippen LogP contribution >= 0.6 is 11.3 Å². The van der Waals surface area contributed by atoms with Gasteiger partial charge >= 0.3 is 5.97 Å². The number of rotatable bonds is 5. The molecule has 0 atom stereocenters. The van der Waals surface area contributed by atoms with Gasteiger partial charge in [0.2, 0.25) is 0 Å². The van der Waals surface area contributed by atoms with Crippen LogP contribution < -0.4 is 5.32 Å². The van der Waals surface area contributed by atoms with Gasteiger partial charge in [0.1, 0.15) is 5.82 Å². The van der Waals surface area contributed by atoms with Crippen LogP contribution in [-0.4, -0.2) is 11.1 Å². The predicted molar refractivity (Wildman–Crippen MR) is 74.4 cm³/mol. The molecule has 100 valence electrons. The SMILES string of the molecule is CCc1ccsc1CNc1ccc(C(=O)O)cc1F. The van der Waals surface area contributed by atoms with Crippen molar-refractivity contribution in [1.29, 1.82) is 0 Å². The maximum atomic E-state index is 13.7. The molecular formula is C14H14FNO2S. The number of hydrogen-bond donors (Lipinski definition) is 2. The Morgan fingerprint density at radius 2 is 2.21 bits per heavy atom. The first kappa shape index (κ1) is 13.5. The van der Waals surface area contributed by atoms with Crippen LogP contribution in [0.25, 0.3) is 0 Å². The molecule has 19 heavy (non-hydrogen) atoms. The third kappa shape index (κ3) is 3.12. The molecular weight excluding hydrogens is 265 g/mol. The number of nitrogens with one attached hydrogen (secondary N) is 1. The molecule has 0 fully saturated rings. The van der Waals surface area contributed by atoms with Crippen molar-refractivity contribution in [3.8, 4) is 0 Å². The van der Waals surface area contributed by atoms with E-state index in [4.69, 9.17) is 5.11 Å². The number of thiophene rings is 1. The molecule has 0 aliphatic rings. The highest BCUT2D eigenvalue weighted by Gasteiger charge is 2.09. The van der Waals surface area contributed by atoms with Crippen molar-refractivity contribution in [2.75, 3.05) is 5.32 Å². The molecule has 5 heteroatoms. The fourth-order valence-corrected chi connectivity index (χ4v) is 2.72. The molecule has 0 bridgehead atoms. The van der Waals surface area contributed by atoms with Crippen LogP contribution in [0.1, 0.15) is 27.7 Å². The number of carbonyl (C=O) groups is 1. The Hall–Kier alpha value is -1.88. The van der Waals surface area contributed by atoms with Crippen LogP contribution in [0.5, 0.6) is 0 Å². The van der Waals surface area contributed by atoms with Gasteiger partial charge in [-0.2, -0.15) is 0 Å². The maximum Gasteiger partial charge on any atom is 0.335 e. The van der Waals surface area contributed by atoms with Gasteiger partial charge in [-0.25, -0.2) is 9.18 Å². The third-order valence-corrected chi connectivity index (χ3v) is 3.84. The standard InChI is InChI=1S/C14H14FNO2S/c1-2-9-5-6-19-13(9)8-16-12-4-3-10(14(17)18)7-11(12)15/h3-7,16H,2,8H2,1H3,(H,17,18). The second kappa shape index (κ2) is 5.84. The summed E-state index contributed by atoms with van der Waals surface area (Å²) in [6.07, 6.45) is 0.945. The van der Waals surface area contributed by atoms with Crippen molar-refractivity contribution in [3.05, 3.63) is 51.5 Å². The van der Waals surface area contributed by atoms with Crippen LogP contribution in [0.3, 0.4) is 0 Å². The monoisotopic (exact) mass is 279 g/mol. The van der Waals surface area contributed by atoms with Crippen LogP contribution in [-0.2, 0) is 13.0 Å². The van der Waals surface area contributed by atoms with Crippen molar-refractivity contribution >= 4 is 23.0 Å². The van der Waals surface area contributed by atoms with Crippen LogP contribution in [0, 0.1) is 5.82 Å². The van der Waals surface area contributed by atoms with Gasteiger partial charge in [-0.3, -0.25) is 0 Å². The van der Waals surface area contributed by atoms with Crippen molar-refractivity contribution < 1.29 is 14.3 Å². The number of aromatic carboxylic acids is 1. The molecule has 0 unspecified atom stereocenters. The second-order valence-corrected chi connectivity index (χ2v) is 5.08. The van der Waals surface area contributed by atoms with Gasteiger partial charge in [-0.05, 0) is 41.6 Å². The molecule has 0 aliphatic heterocycles. The van der Waals surface area contributed by atoms with E-state index in [1.54, 1.807) is 11.3 Å². The number of benzene rings is 1. The van der Waals surface area contributed by atoms with E-state index in [0.29, 0.717) is 12.2 Å². The molecule has 0 spiro atoms. The molecule has 1 aromatic heterocycles. The molecule has 3 nitrogen and oxygen atoms in total. The van der Waals surface area contributed by atoms with Crippen LogP contribution in [0.2, 0.25) is 0 Å². The van der Waals surface area contributed by atoms with Crippen LogP contribution in [0.15, 0.2) is 29.6 Å². The molecule has 0 radical (unpaired) electrons. The average Bonchev–Trinajstić information content (AvgIpc) is 2.84. The van der Waals surface area contributed by atoms with Crippen molar-refractivity contribution in [2.45, 2.75) is 19.9 Å². The van der Waals surface area contributed by atoms with Crippen LogP contribution in [0.4, 0.5) is 10.1 Å². The summed E-state index contributed by atoms with van der Waals surface area (Å²) < 4.78 is 13.7. The minimum absolute atomic E-state index is 0.0478. The summed E-state index contributed by atoms with van der Waals surface area (Å²) in [7, 11) is 0. The molecule has 0 saturated heterocycles. The first-order valence-corrected chi connectivity index (χ1v) is 6.81. The molecule has 2 aromatic rings. The summed E-state index contributed by atoms with van der Waals surface area (Å²) in [6.45, 7) is 2.62. The molecule has 1 aromatic carbocycles. The number of halogens is 1. The Bertz CT molecular complexity index is 595. The number of anilines is 1. The minimum Gasteiger partial charge on any atom is -0.478 e. The molecule has 0 saturated carbocycles. The van der Waals surface area contributed by atoms with Gasteiger partial charge in [0.05, 0.1) is 11.3 Å². The lowest BCUT2D eigenvalue weighted by molar-refractivity contribution is 0.0696. The largest absolute Gasteiger partial charge is 0.478 e. The highest BCUT2D eigenvalue weighted by molar-refractivity contribution is 7.10. The summed E-state index contributed by atoms with van der Waals surface area (Å²) >= 11 is 1.63. The lowest BCUT2D eigenvalue weighted by Gasteiger charge is -2.08. The van der Waals surface area contributed by atoms with E-state index < -0.39 is 11.8 Å². The van der Waals surface area contributed by atoms with Gasteiger partial charge in [0.25, 0.3) is 0 Å². The highest BCUT2D eigenvalue weighted by Crippen LogP contribution is 2.21. The Balaban J connectivity index is 2.10. The summed E-state index contributed by atoms with van der Waals surface area (Å²) in [5.41, 5.74) is 1.52. The highest BCUT2D eigenvalue weighted by atomic mass is 32.1. The van der Waals surface area contributed by atoms with E-state index in [-0.39, 0.29) is 5.56 Å². The van der Waals surface area contributed by atoms with E-state index in [2.05, 4.69) is 18.3 Å². The lowest BCUT2D eigenvalue weighted by atomic mass is 10.2. The Morgan fingerprint density at radius 3 is 2.84 bits per heavy atom. The molecule has 1 heterocycles.